The Morgan fingerprint density at radius 1 is 1.39 bits per heavy atom. The number of rotatable bonds is 3. The van der Waals surface area contributed by atoms with Crippen molar-refractivity contribution >= 4 is 5.97 Å². The number of benzene rings is 1. The summed E-state index contributed by atoms with van der Waals surface area (Å²) in [7, 11) is 0. The van der Waals surface area contributed by atoms with Crippen molar-refractivity contribution in [1.82, 2.24) is 4.90 Å². The second kappa shape index (κ2) is 5.93. The average Bonchev–Trinajstić information content (AvgIpc) is 2.60. The maximum Gasteiger partial charge on any atom is 0.338 e. The zero-order valence-corrected chi connectivity index (χ0v) is 10.1. The molecule has 1 aliphatic rings. The first-order valence-corrected chi connectivity index (χ1v) is 5.99. The first kappa shape index (κ1) is 13.0. The molecule has 0 radical (unpaired) electrons. The zero-order valence-electron chi connectivity index (χ0n) is 10.1. The third kappa shape index (κ3) is 3.05. The lowest BCUT2D eigenvalue weighted by Crippen LogP contribution is -2.26. The summed E-state index contributed by atoms with van der Waals surface area (Å²) in [5.74, 6) is -1.86. The number of hydrogen-bond donors (Lipinski definition) is 1. The van der Waals surface area contributed by atoms with Crippen LogP contribution in [-0.2, 0) is 11.3 Å². The van der Waals surface area contributed by atoms with Gasteiger partial charge < -0.3 is 9.84 Å². The van der Waals surface area contributed by atoms with Crippen LogP contribution in [0.25, 0.3) is 0 Å². The summed E-state index contributed by atoms with van der Waals surface area (Å²) in [5.41, 5.74) is 0.162. The molecule has 1 fully saturated rings. The molecule has 0 unspecified atom stereocenters. The van der Waals surface area contributed by atoms with Crippen LogP contribution in [0.4, 0.5) is 4.39 Å². The van der Waals surface area contributed by atoms with E-state index in [-0.39, 0.29) is 5.56 Å². The first-order valence-electron chi connectivity index (χ1n) is 5.99. The van der Waals surface area contributed by atoms with E-state index in [1.807, 2.05) is 0 Å². The molecule has 1 heterocycles. The first-order chi connectivity index (χ1) is 8.68. The topological polar surface area (TPSA) is 49.8 Å². The highest BCUT2D eigenvalue weighted by Crippen LogP contribution is 2.16. The van der Waals surface area contributed by atoms with E-state index in [1.54, 1.807) is 12.1 Å². The Hall–Kier alpha value is -1.46. The van der Waals surface area contributed by atoms with Gasteiger partial charge in [0.2, 0.25) is 0 Å². The van der Waals surface area contributed by atoms with E-state index in [0.717, 1.165) is 26.1 Å². The highest BCUT2D eigenvalue weighted by atomic mass is 19.1. The van der Waals surface area contributed by atoms with Gasteiger partial charge in [0, 0.05) is 31.8 Å². The second-order valence-corrected chi connectivity index (χ2v) is 4.33. The molecule has 0 atom stereocenters. The molecule has 5 heteroatoms. The largest absolute Gasteiger partial charge is 0.478 e. The minimum atomic E-state index is -1.23. The molecule has 0 spiro atoms. The van der Waals surface area contributed by atoms with Crippen molar-refractivity contribution in [3.63, 3.8) is 0 Å². The number of aromatic carboxylic acids is 1. The van der Waals surface area contributed by atoms with Crippen LogP contribution in [0.15, 0.2) is 18.2 Å². The van der Waals surface area contributed by atoms with Crippen molar-refractivity contribution < 1.29 is 19.0 Å². The summed E-state index contributed by atoms with van der Waals surface area (Å²) in [4.78, 5) is 12.9. The Morgan fingerprint density at radius 3 is 3.00 bits per heavy atom. The SMILES string of the molecule is O=C(O)c1cccc(CN2CCCOCC2)c1F. The van der Waals surface area contributed by atoms with Gasteiger partial charge in [-0.25, -0.2) is 9.18 Å². The van der Waals surface area contributed by atoms with Crippen LogP contribution in [-0.4, -0.2) is 42.3 Å². The monoisotopic (exact) mass is 253 g/mol. The Balaban J connectivity index is 2.13. The van der Waals surface area contributed by atoms with Crippen LogP contribution >= 0.6 is 0 Å². The van der Waals surface area contributed by atoms with Gasteiger partial charge in [0.15, 0.2) is 0 Å². The molecule has 0 saturated carbocycles. The fourth-order valence-electron chi connectivity index (χ4n) is 2.06. The number of nitrogens with zero attached hydrogens (tertiary/aromatic N) is 1. The molecule has 0 aromatic heterocycles. The van der Waals surface area contributed by atoms with Gasteiger partial charge in [0.05, 0.1) is 12.2 Å². The fourth-order valence-corrected chi connectivity index (χ4v) is 2.06. The van der Waals surface area contributed by atoms with Crippen molar-refractivity contribution in [3.05, 3.63) is 35.1 Å². The van der Waals surface area contributed by atoms with E-state index in [1.165, 1.54) is 6.07 Å². The van der Waals surface area contributed by atoms with Crippen LogP contribution in [0.3, 0.4) is 0 Å². The Kier molecular flexibility index (Phi) is 4.28. The lowest BCUT2D eigenvalue weighted by Gasteiger charge is -2.19. The molecule has 1 saturated heterocycles. The summed E-state index contributed by atoms with van der Waals surface area (Å²) in [6, 6.07) is 4.50. The van der Waals surface area contributed by atoms with Gasteiger partial charge in [0.1, 0.15) is 5.82 Å². The molecule has 0 amide bonds. The second-order valence-electron chi connectivity index (χ2n) is 4.33. The molecule has 2 rings (SSSR count). The Bertz CT molecular complexity index is 428. The minimum Gasteiger partial charge on any atom is -0.478 e. The van der Waals surface area contributed by atoms with Crippen LogP contribution in [0.5, 0.6) is 0 Å². The van der Waals surface area contributed by atoms with Gasteiger partial charge in [-0.1, -0.05) is 12.1 Å². The average molecular weight is 253 g/mol. The van der Waals surface area contributed by atoms with Crippen LogP contribution in [0, 0.1) is 5.82 Å². The van der Waals surface area contributed by atoms with Crippen molar-refractivity contribution in [3.8, 4) is 0 Å². The minimum absolute atomic E-state index is 0.265. The Labute approximate surface area is 105 Å². The third-order valence-electron chi connectivity index (χ3n) is 3.02. The van der Waals surface area contributed by atoms with Crippen LogP contribution < -0.4 is 0 Å². The van der Waals surface area contributed by atoms with E-state index in [4.69, 9.17) is 9.84 Å². The van der Waals surface area contributed by atoms with Gasteiger partial charge >= 0.3 is 5.97 Å². The van der Waals surface area contributed by atoms with Crippen molar-refractivity contribution in [2.24, 2.45) is 0 Å². The van der Waals surface area contributed by atoms with E-state index in [0.29, 0.717) is 18.7 Å². The molecule has 98 valence electrons. The standard InChI is InChI=1S/C13H16FNO3/c14-12-10(3-1-4-11(12)13(16)17)9-15-5-2-7-18-8-6-15/h1,3-4H,2,5-9H2,(H,16,17). The smallest absolute Gasteiger partial charge is 0.338 e. The molecule has 1 aliphatic heterocycles. The Morgan fingerprint density at radius 2 is 2.22 bits per heavy atom. The molecule has 1 aromatic rings. The lowest BCUT2D eigenvalue weighted by atomic mass is 10.1. The van der Waals surface area contributed by atoms with E-state index in [9.17, 15) is 9.18 Å². The quantitative estimate of drug-likeness (QED) is 0.891. The molecule has 1 aromatic carbocycles. The number of carboxylic acids is 1. The van der Waals surface area contributed by atoms with Crippen molar-refractivity contribution in [2.75, 3.05) is 26.3 Å². The molecule has 18 heavy (non-hydrogen) atoms. The van der Waals surface area contributed by atoms with Gasteiger partial charge in [-0.05, 0) is 12.5 Å². The van der Waals surface area contributed by atoms with Gasteiger partial charge in [-0.2, -0.15) is 0 Å². The number of halogens is 1. The molecule has 4 nitrogen and oxygen atoms in total. The number of hydrogen-bond acceptors (Lipinski definition) is 3. The summed E-state index contributed by atoms with van der Waals surface area (Å²) in [6.07, 6.45) is 0.917. The maximum absolute atomic E-state index is 13.9. The van der Waals surface area contributed by atoms with Gasteiger partial charge in [-0.15, -0.1) is 0 Å². The predicted octanol–water partition coefficient (Wildman–Crippen LogP) is 1.75. The molecule has 0 bridgehead atoms. The van der Waals surface area contributed by atoms with Crippen molar-refractivity contribution in [2.45, 2.75) is 13.0 Å². The van der Waals surface area contributed by atoms with Gasteiger partial charge in [0.25, 0.3) is 0 Å². The maximum atomic E-state index is 13.9. The lowest BCUT2D eigenvalue weighted by molar-refractivity contribution is 0.0691. The summed E-state index contributed by atoms with van der Waals surface area (Å²) < 4.78 is 19.3. The number of ether oxygens (including phenoxy) is 1. The van der Waals surface area contributed by atoms with Crippen LogP contribution in [0.2, 0.25) is 0 Å². The summed E-state index contributed by atoms with van der Waals surface area (Å²) in [6.45, 7) is 3.39. The number of carboxylic acid groups (broad SMARTS) is 1. The van der Waals surface area contributed by atoms with E-state index >= 15 is 0 Å². The third-order valence-corrected chi connectivity index (χ3v) is 3.02. The molecular weight excluding hydrogens is 237 g/mol. The van der Waals surface area contributed by atoms with Crippen LogP contribution in [0.1, 0.15) is 22.3 Å². The number of carbonyl (C=O) groups is 1. The highest BCUT2D eigenvalue weighted by molar-refractivity contribution is 5.88. The van der Waals surface area contributed by atoms with Gasteiger partial charge in [-0.3, -0.25) is 4.90 Å². The molecule has 1 N–H and O–H groups in total. The van der Waals surface area contributed by atoms with E-state index in [2.05, 4.69) is 4.90 Å². The predicted molar refractivity (Wildman–Crippen MR) is 64.1 cm³/mol. The summed E-state index contributed by atoms with van der Waals surface area (Å²) in [5, 5.41) is 8.87. The fraction of sp³-hybridized carbons (Fsp3) is 0.462. The van der Waals surface area contributed by atoms with E-state index < -0.39 is 11.8 Å². The zero-order chi connectivity index (χ0) is 13.0. The molecular formula is C13H16FNO3. The van der Waals surface area contributed by atoms with Crippen molar-refractivity contribution in [1.29, 1.82) is 0 Å². The molecule has 0 aliphatic carbocycles. The highest BCUT2D eigenvalue weighted by Gasteiger charge is 2.16. The normalized spacial score (nSPS) is 17.4. The summed E-state index contributed by atoms with van der Waals surface area (Å²) >= 11 is 0.